The highest BCUT2D eigenvalue weighted by Crippen LogP contribution is 2.32. The molecule has 27 heavy (non-hydrogen) atoms. The van der Waals surface area contributed by atoms with E-state index in [9.17, 15) is 18.8 Å². The van der Waals surface area contributed by atoms with Gasteiger partial charge in [-0.15, -0.1) is 0 Å². The topological polar surface area (TPSA) is 79.0 Å². The molecule has 3 aliphatic rings. The lowest BCUT2D eigenvalue weighted by Crippen LogP contribution is -2.48. The van der Waals surface area contributed by atoms with Crippen molar-refractivity contribution in [1.82, 2.24) is 10.2 Å². The van der Waals surface area contributed by atoms with E-state index in [1.165, 1.54) is 21.9 Å². The maximum atomic E-state index is 13.9. The van der Waals surface area contributed by atoms with Crippen LogP contribution in [-0.2, 0) is 14.3 Å². The Morgan fingerprint density at radius 2 is 2.11 bits per heavy atom. The molecular weight excluding hydrogens is 353 g/mol. The Kier molecular flexibility index (Phi) is 4.82. The molecule has 0 radical (unpaired) electrons. The fourth-order valence-electron chi connectivity index (χ4n) is 4.02. The molecular formula is C19H22FN3O4. The summed E-state index contributed by atoms with van der Waals surface area (Å²) in [4.78, 5) is 41.1. The highest BCUT2D eigenvalue weighted by atomic mass is 19.1. The van der Waals surface area contributed by atoms with E-state index in [-0.39, 0.29) is 41.6 Å². The van der Waals surface area contributed by atoms with Crippen molar-refractivity contribution in [2.45, 2.75) is 37.8 Å². The first-order valence-electron chi connectivity index (χ1n) is 9.35. The molecule has 0 aliphatic carbocycles. The third-order valence-electron chi connectivity index (χ3n) is 5.40. The standard InChI is InChI=1S/C19H22FN3O4/c20-12-5-6-14-16(9-12)23(11-17(24)21-10-13-3-2-8-27-13)19(26)15-4-1-7-22(15)18(14)25/h5-6,9,13,15H,1-4,7-8,10-11H2,(H,21,24). The molecule has 2 saturated heterocycles. The summed E-state index contributed by atoms with van der Waals surface area (Å²) in [5.74, 6) is -1.53. The van der Waals surface area contributed by atoms with Gasteiger partial charge < -0.3 is 19.9 Å². The predicted octanol–water partition coefficient (Wildman–Crippen LogP) is 1.07. The number of anilines is 1. The van der Waals surface area contributed by atoms with E-state index in [4.69, 9.17) is 4.74 Å². The number of carbonyl (C=O) groups is 3. The number of hydrogen-bond acceptors (Lipinski definition) is 4. The lowest BCUT2D eigenvalue weighted by atomic mass is 10.1. The minimum atomic E-state index is -0.598. The van der Waals surface area contributed by atoms with Crippen LogP contribution in [-0.4, -0.2) is 61.0 Å². The van der Waals surface area contributed by atoms with Crippen LogP contribution in [0.15, 0.2) is 18.2 Å². The average molecular weight is 375 g/mol. The van der Waals surface area contributed by atoms with Gasteiger partial charge in [0.2, 0.25) is 11.8 Å². The monoisotopic (exact) mass is 375 g/mol. The molecule has 144 valence electrons. The molecule has 0 saturated carbocycles. The number of halogens is 1. The summed E-state index contributed by atoms with van der Waals surface area (Å²) in [7, 11) is 0. The van der Waals surface area contributed by atoms with Gasteiger partial charge in [0.15, 0.2) is 0 Å². The molecule has 3 amide bonds. The molecule has 1 N–H and O–H groups in total. The number of amides is 3. The van der Waals surface area contributed by atoms with Crippen LogP contribution in [0.1, 0.15) is 36.0 Å². The van der Waals surface area contributed by atoms with E-state index in [2.05, 4.69) is 5.32 Å². The Bertz CT molecular complexity index is 778. The Morgan fingerprint density at radius 3 is 2.89 bits per heavy atom. The van der Waals surface area contributed by atoms with Crippen LogP contribution < -0.4 is 10.2 Å². The number of benzene rings is 1. The third kappa shape index (κ3) is 3.41. The molecule has 1 aromatic carbocycles. The predicted molar refractivity (Wildman–Crippen MR) is 94.8 cm³/mol. The van der Waals surface area contributed by atoms with E-state index in [1.807, 2.05) is 0 Å². The largest absolute Gasteiger partial charge is 0.376 e. The van der Waals surface area contributed by atoms with Crippen LogP contribution >= 0.6 is 0 Å². The molecule has 7 nitrogen and oxygen atoms in total. The summed E-state index contributed by atoms with van der Waals surface area (Å²) in [6.45, 7) is 1.31. The highest BCUT2D eigenvalue weighted by molar-refractivity contribution is 6.12. The Labute approximate surface area is 156 Å². The molecule has 2 fully saturated rings. The molecule has 1 aromatic rings. The Morgan fingerprint density at radius 1 is 1.26 bits per heavy atom. The van der Waals surface area contributed by atoms with Gasteiger partial charge in [-0.05, 0) is 43.9 Å². The van der Waals surface area contributed by atoms with Crippen molar-refractivity contribution in [3.05, 3.63) is 29.6 Å². The number of carbonyl (C=O) groups excluding carboxylic acids is 3. The van der Waals surface area contributed by atoms with Gasteiger partial charge in [-0.25, -0.2) is 4.39 Å². The van der Waals surface area contributed by atoms with Crippen molar-refractivity contribution in [3.8, 4) is 0 Å². The molecule has 0 bridgehead atoms. The quantitative estimate of drug-likeness (QED) is 0.854. The summed E-state index contributed by atoms with van der Waals surface area (Å²) in [6.07, 6.45) is 3.14. The van der Waals surface area contributed by atoms with Gasteiger partial charge in [-0.1, -0.05) is 0 Å². The second-order valence-electron chi connectivity index (χ2n) is 7.18. The van der Waals surface area contributed by atoms with Gasteiger partial charge in [0.1, 0.15) is 18.4 Å². The van der Waals surface area contributed by atoms with Crippen molar-refractivity contribution >= 4 is 23.4 Å². The maximum Gasteiger partial charge on any atom is 0.256 e. The van der Waals surface area contributed by atoms with E-state index in [0.717, 1.165) is 25.3 Å². The van der Waals surface area contributed by atoms with Crippen LogP contribution in [0.3, 0.4) is 0 Å². The van der Waals surface area contributed by atoms with E-state index in [1.54, 1.807) is 0 Å². The number of fused-ring (bicyclic) bond motifs is 2. The van der Waals surface area contributed by atoms with Crippen LogP contribution in [0.2, 0.25) is 0 Å². The molecule has 8 heteroatoms. The summed E-state index contributed by atoms with van der Waals surface area (Å²) >= 11 is 0. The zero-order valence-corrected chi connectivity index (χ0v) is 14.9. The van der Waals surface area contributed by atoms with Crippen molar-refractivity contribution in [3.63, 3.8) is 0 Å². The second kappa shape index (κ2) is 7.26. The first-order chi connectivity index (χ1) is 13.0. The van der Waals surface area contributed by atoms with Crippen molar-refractivity contribution in [2.75, 3.05) is 31.1 Å². The number of nitrogens with one attached hydrogen (secondary N) is 1. The molecule has 2 unspecified atom stereocenters. The second-order valence-corrected chi connectivity index (χ2v) is 7.18. The SMILES string of the molecule is O=C(CN1C(=O)C2CCCN2C(=O)c2ccc(F)cc21)NCC1CCCO1. The van der Waals surface area contributed by atoms with Crippen molar-refractivity contribution in [1.29, 1.82) is 0 Å². The van der Waals surface area contributed by atoms with Crippen LogP contribution in [0.4, 0.5) is 10.1 Å². The van der Waals surface area contributed by atoms with Gasteiger partial charge in [0.25, 0.3) is 5.91 Å². The van der Waals surface area contributed by atoms with E-state index < -0.39 is 11.9 Å². The van der Waals surface area contributed by atoms with Crippen molar-refractivity contribution in [2.24, 2.45) is 0 Å². The molecule has 3 heterocycles. The van der Waals surface area contributed by atoms with Crippen LogP contribution in [0.5, 0.6) is 0 Å². The zero-order valence-electron chi connectivity index (χ0n) is 14.9. The number of rotatable bonds is 4. The van der Waals surface area contributed by atoms with Crippen LogP contribution in [0, 0.1) is 5.82 Å². The van der Waals surface area contributed by atoms with Gasteiger partial charge in [0.05, 0.1) is 17.4 Å². The molecule has 3 aliphatic heterocycles. The molecule has 0 aromatic heterocycles. The minimum Gasteiger partial charge on any atom is -0.376 e. The first-order valence-corrected chi connectivity index (χ1v) is 9.35. The Balaban J connectivity index is 1.58. The fraction of sp³-hybridized carbons (Fsp3) is 0.526. The maximum absolute atomic E-state index is 13.9. The number of nitrogens with zero attached hydrogens (tertiary/aromatic N) is 2. The summed E-state index contributed by atoms with van der Waals surface area (Å²) < 4.78 is 19.3. The average Bonchev–Trinajstić information content (AvgIpc) is 3.33. The smallest absolute Gasteiger partial charge is 0.256 e. The lowest BCUT2D eigenvalue weighted by Gasteiger charge is -2.25. The highest BCUT2D eigenvalue weighted by Gasteiger charge is 2.42. The lowest BCUT2D eigenvalue weighted by molar-refractivity contribution is -0.125. The van der Waals surface area contributed by atoms with E-state index >= 15 is 0 Å². The molecule has 2 atom stereocenters. The van der Waals surface area contributed by atoms with Gasteiger partial charge >= 0.3 is 0 Å². The molecule has 0 spiro atoms. The fourth-order valence-corrected chi connectivity index (χ4v) is 4.02. The van der Waals surface area contributed by atoms with Gasteiger partial charge in [-0.3, -0.25) is 14.4 Å². The Hall–Kier alpha value is -2.48. The molecule has 4 rings (SSSR count). The van der Waals surface area contributed by atoms with Gasteiger partial charge in [-0.2, -0.15) is 0 Å². The van der Waals surface area contributed by atoms with Crippen LogP contribution in [0.25, 0.3) is 0 Å². The normalized spacial score (nSPS) is 24.6. The third-order valence-corrected chi connectivity index (χ3v) is 5.40. The summed E-state index contributed by atoms with van der Waals surface area (Å²) in [6, 6.07) is 3.14. The van der Waals surface area contributed by atoms with Crippen molar-refractivity contribution < 1.29 is 23.5 Å². The summed E-state index contributed by atoms with van der Waals surface area (Å²) in [5.41, 5.74) is 0.410. The van der Waals surface area contributed by atoms with E-state index in [0.29, 0.717) is 26.1 Å². The van der Waals surface area contributed by atoms with Gasteiger partial charge in [0, 0.05) is 19.7 Å². The number of ether oxygens (including phenoxy) is 1. The number of hydrogen-bond donors (Lipinski definition) is 1. The summed E-state index contributed by atoms with van der Waals surface area (Å²) in [5, 5.41) is 2.78. The first kappa shape index (κ1) is 17.9. The zero-order chi connectivity index (χ0) is 19.0. The minimum absolute atomic E-state index is 0.00887.